The maximum atomic E-state index is 12.6. The van der Waals surface area contributed by atoms with Crippen LogP contribution in [0, 0.1) is 5.92 Å². The Balaban J connectivity index is 1.75. The van der Waals surface area contributed by atoms with Crippen molar-refractivity contribution in [3.05, 3.63) is 40.0 Å². The summed E-state index contributed by atoms with van der Waals surface area (Å²) in [4.78, 5) is 21.3. The number of rotatable bonds is 7. The van der Waals surface area contributed by atoms with E-state index in [0.29, 0.717) is 24.4 Å². The van der Waals surface area contributed by atoms with Crippen LogP contribution in [-0.2, 0) is 6.42 Å². The van der Waals surface area contributed by atoms with Crippen LogP contribution in [0.1, 0.15) is 53.3 Å². The summed E-state index contributed by atoms with van der Waals surface area (Å²) < 4.78 is 5.10. The number of aliphatic hydroxyl groups is 1. The van der Waals surface area contributed by atoms with Crippen molar-refractivity contribution in [3.63, 3.8) is 0 Å². The van der Waals surface area contributed by atoms with E-state index in [4.69, 9.17) is 4.74 Å². The molecule has 0 saturated heterocycles. The van der Waals surface area contributed by atoms with Gasteiger partial charge in [-0.2, -0.15) is 0 Å². The summed E-state index contributed by atoms with van der Waals surface area (Å²) in [6.07, 6.45) is 4.68. The van der Waals surface area contributed by atoms with Crippen LogP contribution in [0.3, 0.4) is 0 Å². The summed E-state index contributed by atoms with van der Waals surface area (Å²) in [5.41, 5.74) is 1.37. The zero-order valence-electron chi connectivity index (χ0n) is 14.4. The third kappa shape index (κ3) is 4.16. The summed E-state index contributed by atoms with van der Waals surface area (Å²) in [6, 6.07) is 3.50. The molecule has 1 amide bonds. The lowest BCUT2D eigenvalue weighted by atomic mass is 9.75. The first-order valence-corrected chi connectivity index (χ1v) is 9.42. The lowest BCUT2D eigenvalue weighted by Crippen LogP contribution is -2.41. The van der Waals surface area contributed by atoms with Crippen LogP contribution in [-0.4, -0.2) is 34.2 Å². The number of pyridine rings is 1. The van der Waals surface area contributed by atoms with Crippen molar-refractivity contribution >= 4 is 17.2 Å². The fraction of sp³-hybridized carbons (Fsp3) is 0.500. The number of hydrogen-bond donors (Lipinski definition) is 2. The largest absolute Gasteiger partial charge is 0.481 e. The molecule has 0 aliphatic heterocycles. The molecule has 134 valence electrons. The average molecular weight is 361 g/mol. The molecule has 0 aromatic carbocycles. The van der Waals surface area contributed by atoms with Gasteiger partial charge in [0.05, 0.1) is 24.3 Å². The Bertz CT molecular complexity index is 711. The van der Waals surface area contributed by atoms with Gasteiger partial charge < -0.3 is 15.2 Å². The molecule has 7 heteroatoms. The highest BCUT2D eigenvalue weighted by Gasteiger charge is 2.36. The number of carbonyl (C=O) groups is 1. The predicted octanol–water partition coefficient (Wildman–Crippen LogP) is 2.74. The highest BCUT2D eigenvalue weighted by molar-refractivity contribution is 7.09. The van der Waals surface area contributed by atoms with E-state index >= 15 is 0 Å². The average Bonchev–Trinajstić information content (AvgIpc) is 3.06. The van der Waals surface area contributed by atoms with Crippen molar-refractivity contribution in [2.75, 3.05) is 7.11 Å². The number of nitrogens with zero attached hydrogens (tertiary/aromatic N) is 2. The lowest BCUT2D eigenvalue weighted by molar-refractivity contribution is 0.0234. The number of thiazole rings is 1. The first kappa shape index (κ1) is 17.8. The van der Waals surface area contributed by atoms with Gasteiger partial charge in [-0.3, -0.25) is 4.79 Å². The molecule has 1 aliphatic rings. The topological polar surface area (TPSA) is 84.3 Å². The highest BCUT2D eigenvalue weighted by Crippen LogP contribution is 2.38. The fourth-order valence-electron chi connectivity index (χ4n) is 3.03. The highest BCUT2D eigenvalue weighted by atomic mass is 32.1. The number of aliphatic hydroxyl groups excluding tert-OH is 1. The van der Waals surface area contributed by atoms with Crippen LogP contribution >= 0.6 is 11.3 Å². The van der Waals surface area contributed by atoms with Gasteiger partial charge in [0.2, 0.25) is 5.88 Å². The van der Waals surface area contributed by atoms with Crippen LogP contribution in [0.15, 0.2) is 23.7 Å². The minimum Gasteiger partial charge on any atom is -0.481 e. The van der Waals surface area contributed by atoms with Gasteiger partial charge in [0.25, 0.3) is 5.91 Å². The first-order chi connectivity index (χ1) is 12.1. The van der Waals surface area contributed by atoms with Gasteiger partial charge in [-0.15, -0.1) is 11.3 Å². The standard InChI is InChI=1S/C18H23N3O3S/c1-3-4-16-20-14(10-25-16)18(23)21-17(12-7-13(22)8-12)11-5-6-15(24-2)19-9-11/h5-6,9-10,12-13,17,22H,3-4,7-8H2,1-2H3,(H,21,23). The Kier molecular flexibility index (Phi) is 5.65. The molecule has 25 heavy (non-hydrogen) atoms. The normalized spacial score (nSPS) is 20.6. The summed E-state index contributed by atoms with van der Waals surface area (Å²) in [5.74, 6) is 0.551. The molecule has 0 bridgehead atoms. The Morgan fingerprint density at radius 3 is 2.88 bits per heavy atom. The molecule has 0 radical (unpaired) electrons. The van der Waals surface area contributed by atoms with Crippen LogP contribution in [0.2, 0.25) is 0 Å². The Morgan fingerprint density at radius 1 is 1.48 bits per heavy atom. The van der Waals surface area contributed by atoms with Gasteiger partial charge in [-0.05, 0) is 37.2 Å². The number of aromatic nitrogens is 2. The Labute approximate surface area is 151 Å². The maximum Gasteiger partial charge on any atom is 0.271 e. The molecule has 0 spiro atoms. The smallest absolute Gasteiger partial charge is 0.271 e. The van der Waals surface area contributed by atoms with Gasteiger partial charge in [-0.1, -0.05) is 13.0 Å². The minimum absolute atomic E-state index is 0.180. The zero-order chi connectivity index (χ0) is 17.8. The van der Waals surface area contributed by atoms with E-state index in [1.54, 1.807) is 24.8 Å². The summed E-state index contributed by atoms with van der Waals surface area (Å²) in [6.45, 7) is 2.09. The van der Waals surface area contributed by atoms with Crippen molar-refractivity contribution in [3.8, 4) is 5.88 Å². The van der Waals surface area contributed by atoms with Crippen molar-refractivity contribution in [1.29, 1.82) is 0 Å². The second kappa shape index (κ2) is 7.93. The second-order valence-electron chi connectivity index (χ2n) is 6.35. The molecule has 2 aromatic rings. The summed E-state index contributed by atoms with van der Waals surface area (Å²) in [7, 11) is 1.57. The van der Waals surface area contributed by atoms with E-state index in [-0.39, 0.29) is 24.0 Å². The van der Waals surface area contributed by atoms with Crippen molar-refractivity contribution in [2.24, 2.45) is 5.92 Å². The molecule has 2 heterocycles. The second-order valence-corrected chi connectivity index (χ2v) is 7.29. The van der Waals surface area contributed by atoms with E-state index in [1.165, 1.54) is 11.3 Å². The van der Waals surface area contributed by atoms with Gasteiger partial charge >= 0.3 is 0 Å². The molecule has 6 nitrogen and oxygen atoms in total. The SMILES string of the molecule is CCCc1nc(C(=O)NC(c2ccc(OC)nc2)C2CC(O)C2)cs1. The quantitative estimate of drug-likeness (QED) is 0.792. The number of nitrogens with one attached hydrogen (secondary N) is 1. The van der Waals surface area contributed by atoms with E-state index in [0.717, 1.165) is 23.4 Å². The van der Waals surface area contributed by atoms with Crippen molar-refractivity contribution < 1.29 is 14.6 Å². The van der Waals surface area contributed by atoms with E-state index in [2.05, 4.69) is 22.2 Å². The number of ether oxygens (including phenoxy) is 1. The van der Waals surface area contributed by atoms with Crippen molar-refractivity contribution in [2.45, 2.75) is 44.8 Å². The van der Waals surface area contributed by atoms with Gasteiger partial charge in [0.15, 0.2) is 0 Å². The number of methoxy groups -OCH3 is 1. The lowest BCUT2D eigenvalue weighted by Gasteiger charge is -2.38. The van der Waals surface area contributed by atoms with Gasteiger partial charge in [0.1, 0.15) is 5.69 Å². The monoisotopic (exact) mass is 361 g/mol. The molecule has 1 atom stereocenters. The number of carbonyl (C=O) groups excluding carboxylic acids is 1. The van der Waals surface area contributed by atoms with Crippen molar-refractivity contribution in [1.82, 2.24) is 15.3 Å². The third-order valence-corrected chi connectivity index (χ3v) is 5.39. The molecule has 3 rings (SSSR count). The molecule has 2 aromatic heterocycles. The maximum absolute atomic E-state index is 12.6. The number of hydrogen-bond acceptors (Lipinski definition) is 6. The number of amides is 1. The first-order valence-electron chi connectivity index (χ1n) is 8.54. The fourth-order valence-corrected chi connectivity index (χ4v) is 3.91. The molecule has 1 unspecified atom stereocenters. The Morgan fingerprint density at radius 2 is 2.28 bits per heavy atom. The molecule has 1 aliphatic carbocycles. The molecule has 2 N–H and O–H groups in total. The minimum atomic E-state index is -0.286. The zero-order valence-corrected chi connectivity index (χ0v) is 15.3. The van der Waals surface area contributed by atoms with E-state index in [1.807, 2.05) is 6.07 Å². The summed E-state index contributed by atoms with van der Waals surface area (Å²) >= 11 is 1.52. The van der Waals surface area contributed by atoms with Gasteiger partial charge in [0, 0.05) is 17.6 Å². The molecular weight excluding hydrogens is 338 g/mol. The molecular formula is C18H23N3O3S. The van der Waals surface area contributed by atoms with Crippen LogP contribution < -0.4 is 10.1 Å². The number of aryl methyl sites for hydroxylation is 1. The molecule has 1 saturated carbocycles. The third-order valence-electron chi connectivity index (χ3n) is 4.48. The van der Waals surface area contributed by atoms with Crippen LogP contribution in [0.5, 0.6) is 5.88 Å². The van der Waals surface area contributed by atoms with Crippen LogP contribution in [0.4, 0.5) is 0 Å². The van der Waals surface area contributed by atoms with E-state index in [9.17, 15) is 9.90 Å². The molecule has 1 fully saturated rings. The predicted molar refractivity (Wildman–Crippen MR) is 95.8 cm³/mol. The Hall–Kier alpha value is -1.99. The summed E-state index contributed by atoms with van der Waals surface area (Å²) in [5, 5.41) is 15.5. The van der Waals surface area contributed by atoms with E-state index < -0.39 is 0 Å². The van der Waals surface area contributed by atoms with Crippen LogP contribution in [0.25, 0.3) is 0 Å². The van der Waals surface area contributed by atoms with Gasteiger partial charge in [-0.25, -0.2) is 9.97 Å².